The van der Waals surface area contributed by atoms with Crippen LogP contribution in [-0.4, -0.2) is 29.4 Å². The van der Waals surface area contributed by atoms with Crippen molar-refractivity contribution in [3.63, 3.8) is 0 Å². The van der Waals surface area contributed by atoms with Crippen molar-refractivity contribution in [2.45, 2.75) is 33.3 Å². The second-order valence-corrected chi connectivity index (χ2v) is 7.73. The molecule has 146 valence electrons. The van der Waals surface area contributed by atoms with Crippen LogP contribution in [0, 0.1) is 11.3 Å². The Morgan fingerprint density at radius 3 is 2.59 bits per heavy atom. The summed E-state index contributed by atoms with van der Waals surface area (Å²) in [6.45, 7) is 7.31. The molecule has 0 fully saturated rings. The second kappa shape index (κ2) is 7.73. The molecular weight excluding hydrogens is 348 g/mol. The van der Waals surface area contributed by atoms with Crippen LogP contribution in [0.25, 0.3) is 0 Å². The number of hydrogen-bond donors (Lipinski definition) is 3. The number of nitrogens with one attached hydrogen (secondary N) is 1. The molecule has 2 atom stereocenters. The highest BCUT2D eigenvalue weighted by Crippen LogP contribution is 2.35. The van der Waals surface area contributed by atoms with Crippen LogP contribution in [-0.2, 0) is 9.53 Å². The number of allylic oxidation sites excluding steroid dienone is 2. The number of carbonyl (C=O) groups excluding carboxylic acids is 1. The third kappa shape index (κ3) is 5.51. The molecular formula is C20H26N2O5. The van der Waals surface area contributed by atoms with Crippen molar-refractivity contribution in [1.29, 1.82) is 0 Å². The molecule has 1 amide bonds. The Kier molecular flexibility index (Phi) is 5.83. The smallest absolute Gasteiger partial charge is 0.412 e. The molecule has 1 aliphatic rings. The van der Waals surface area contributed by atoms with Gasteiger partial charge in [-0.3, -0.25) is 10.1 Å². The van der Waals surface area contributed by atoms with Crippen molar-refractivity contribution in [1.82, 2.24) is 0 Å². The van der Waals surface area contributed by atoms with Gasteiger partial charge in [0.05, 0.1) is 23.9 Å². The summed E-state index contributed by atoms with van der Waals surface area (Å²) in [5, 5.41) is 12.0. The van der Waals surface area contributed by atoms with Crippen LogP contribution in [0.15, 0.2) is 42.5 Å². The SMILES string of the molecule is CC(C)(C)OC(=O)Nc1ccc(OCC2(C)C=CC=CC2C(=O)O)cc1N. The fraction of sp³-hybridized carbons (Fsp3) is 0.400. The maximum absolute atomic E-state index is 11.8. The summed E-state index contributed by atoms with van der Waals surface area (Å²) in [5.41, 5.74) is 5.42. The van der Waals surface area contributed by atoms with Gasteiger partial charge in [-0.1, -0.05) is 31.2 Å². The standard InChI is InChI=1S/C20H26N2O5/c1-19(2,3)27-18(25)22-16-9-8-13(11-15(16)21)26-12-20(4)10-6-5-7-14(20)17(23)24/h5-11,14H,12,21H2,1-4H3,(H,22,25)(H,23,24). The number of nitrogen functional groups attached to an aromatic ring is 1. The Bertz CT molecular complexity index is 779. The minimum absolute atomic E-state index is 0.170. The molecule has 0 saturated carbocycles. The average molecular weight is 374 g/mol. The minimum atomic E-state index is -0.905. The van der Waals surface area contributed by atoms with Gasteiger partial charge in [-0.15, -0.1) is 0 Å². The van der Waals surface area contributed by atoms with Gasteiger partial charge in [0.25, 0.3) is 0 Å². The van der Waals surface area contributed by atoms with Crippen LogP contribution in [0.3, 0.4) is 0 Å². The maximum atomic E-state index is 11.8. The molecule has 0 aromatic heterocycles. The molecule has 0 spiro atoms. The molecule has 2 unspecified atom stereocenters. The first kappa shape index (κ1) is 20.4. The predicted octanol–water partition coefficient (Wildman–Crippen LogP) is 3.83. The highest BCUT2D eigenvalue weighted by atomic mass is 16.6. The van der Waals surface area contributed by atoms with Crippen molar-refractivity contribution in [3.05, 3.63) is 42.5 Å². The van der Waals surface area contributed by atoms with Gasteiger partial charge in [0, 0.05) is 11.5 Å². The molecule has 7 heteroatoms. The molecule has 0 bridgehead atoms. The third-order valence-electron chi connectivity index (χ3n) is 4.08. The van der Waals surface area contributed by atoms with E-state index < -0.39 is 29.0 Å². The van der Waals surface area contributed by atoms with Gasteiger partial charge in [0.2, 0.25) is 0 Å². The van der Waals surface area contributed by atoms with E-state index in [0.717, 1.165) is 0 Å². The number of ether oxygens (including phenoxy) is 2. The summed E-state index contributed by atoms with van der Waals surface area (Å²) in [6.07, 6.45) is 6.40. The number of amides is 1. The lowest BCUT2D eigenvalue weighted by Crippen LogP contribution is -2.36. The zero-order chi connectivity index (χ0) is 20.2. The van der Waals surface area contributed by atoms with Crippen molar-refractivity contribution in [2.75, 3.05) is 17.7 Å². The zero-order valence-electron chi connectivity index (χ0n) is 16.0. The molecule has 1 aromatic carbocycles. The first-order valence-corrected chi connectivity index (χ1v) is 8.61. The summed E-state index contributed by atoms with van der Waals surface area (Å²) in [6, 6.07) is 4.85. The van der Waals surface area contributed by atoms with Gasteiger partial charge in [-0.2, -0.15) is 0 Å². The van der Waals surface area contributed by atoms with Crippen LogP contribution in [0.2, 0.25) is 0 Å². The van der Waals surface area contributed by atoms with Crippen LogP contribution >= 0.6 is 0 Å². The Morgan fingerprint density at radius 2 is 2.00 bits per heavy atom. The van der Waals surface area contributed by atoms with Crippen molar-refractivity contribution < 1.29 is 24.2 Å². The van der Waals surface area contributed by atoms with Gasteiger partial charge in [0.15, 0.2) is 0 Å². The predicted molar refractivity (Wildman–Crippen MR) is 104 cm³/mol. The van der Waals surface area contributed by atoms with E-state index >= 15 is 0 Å². The Balaban J connectivity index is 2.03. The van der Waals surface area contributed by atoms with Gasteiger partial charge in [-0.05, 0) is 32.9 Å². The second-order valence-electron chi connectivity index (χ2n) is 7.73. The van der Waals surface area contributed by atoms with E-state index in [2.05, 4.69) is 5.32 Å². The highest BCUT2D eigenvalue weighted by molar-refractivity contribution is 5.89. The molecule has 7 nitrogen and oxygen atoms in total. The van der Waals surface area contributed by atoms with E-state index in [-0.39, 0.29) is 6.61 Å². The van der Waals surface area contributed by atoms with Crippen molar-refractivity contribution in [3.8, 4) is 5.75 Å². The average Bonchev–Trinajstić information content (AvgIpc) is 2.53. The molecule has 0 radical (unpaired) electrons. The molecule has 0 aliphatic heterocycles. The topological polar surface area (TPSA) is 111 Å². The highest BCUT2D eigenvalue weighted by Gasteiger charge is 2.37. The lowest BCUT2D eigenvalue weighted by atomic mass is 9.75. The minimum Gasteiger partial charge on any atom is -0.493 e. The largest absolute Gasteiger partial charge is 0.493 e. The van der Waals surface area contributed by atoms with E-state index in [9.17, 15) is 14.7 Å². The number of benzene rings is 1. The number of carboxylic acid groups (broad SMARTS) is 1. The summed E-state index contributed by atoms with van der Waals surface area (Å²) in [4.78, 5) is 23.3. The van der Waals surface area contributed by atoms with E-state index in [1.807, 2.05) is 19.1 Å². The van der Waals surface area contributed by atoms with E-state index in [1.54, 1.807) is 51.1 Å². The van der Waals surface area contributed by atoms with Crippen molar-refractivity contribution >= 4 is 23.4 Å². The summed E-state index contributed by atoms with van der Waals surface area (Å²) in [5.74, 6) is -1.10. The summed E-state index contributed by atoms with van der Waals surface area (Å²) < 4.78 is 11.0. The van der Waals surface area contributed by atoms with Gasteiger partial charge in [0.1, 0.15) is 11.4 Å². The number of rotatable bonds is 5. The molecule has 0 saturated heterocycles. The van der Waals surface area contributed by atoms with E-state index in [1.165, 1.54) is 0 Å². The number of nitrogens with two attached hydrogens (primary N) is 1. The number of anilines is 2. The Labute approximate surface area is 158 Å². The normalized spacial score (nSPS) is 21.6. The molecule has 2 rings (SSSR count). The molecule has 1 aliphatic carbocycles. The fourth-order valence-corrected chi connectivity index (χ4v) is 2.67. The Morgan fingerprint density at radius 1 is 1.30 bits per heavy atom. The summed E-state index contributed by atoms with van der Waals surface area (Å²) in [7, 11) is 0. The van der Waals surface area contributed by atoms with Crippen LogP contribution < -0.4 is 15.8 Å². The van der Waals surface area contributed by atoms with Crippen molar-refractivity contribution in [2.24, 2.45) is 11.3 Å². The first-order valence-electron chi connectivity index (χ1n) is 8.61. The molecule has 0 heterocycles. The lowest BCUT2D eigenvalue weighted by Gasteiger charge is -2.32. The van der Waals surface area contributed by atoms with Crippen LogP contribution in [0.4, 0.5) is 16.2 Å². The number of carbonyl (C=O) groups is 2. The zero-order valence-corrected chi connectivity index (χ0v) is 16.0. The molecule has 27 heavy (non-hydrogen) atoms. The number of hydrogen-bond acceptors (Lipinski definition) is 5. The lowest BCUT2D eigenvalue weighted by molar-refractivity contribution is -0.143. The number of aliphatic carboxylic acids is 1. The quantitative estimate of drug-likeness (QED) is 0.676. The van der Waals surface area contributed by atoms with E-state index in [4.69, 9.17) is 15.2 Å². The monoisotopic (exact) mass is 374 g/mol. The van der Waals surface area contributed by atoms with Gasteiger partial charge < -0.3 is 20.3 Å². The fourth-order valence-electron chi connectivity index (χ4n) is 2.67. The third-order valence-corrected chi connectivity index (χ3v) is 4.08. The van der Waals surface area contributed by atoms with Crippen LogP contribution in [0.1, 0.15) is 27.7 Å². The summed E-state index contributed by atoms with van der Waals surface area (Å²) >= 11 is 0. The van der Waals surface area contributed by atoms with Gasteiger partial charge >= 0.3 is 12.1 Å². The first-order chi connectivity index (χ1) is 12.5. The number of carboxylic acids is 1. The van der Waals surface area contributed by atoms with E-state index in [0.29, 0.717) is 17.1 Å². The maximum Gasteiger partial charge on any atom is 0.412 e. The molecule has 1 aromatic rings. The van der Waals surface area contributed by atoms with Crippen LogP contribution in [0.5, 0.6) is 5.75 Å². The molecule has 4 N–H and O–H groups in total. The Hall–Kier alpha value is -2.96. The van der Waals surface area contributed by atoms with Gasteiger partial charge in [-0.25, -0.2) is 4.79 Å².